The quantitative estimate of drug-likeness (QED) is 0.887. The lowest BCUT2D eigenvalue weighted by molar-refractivity contribution is -0.122. The topological polar surface area (TPSA) is 63.2 Å². The summed E-state index contributed by atoms with van der Waals surface area (Å²) in [5.74, 6) is 0.415. The van der Waals surface area contributed by atoms with Crippen molar-refractivity contribution in [2.45, 2.75) is 18.2 Å². The molecule has 0 unspecified atom stereocenters. The summed E-state index contributed by atoms with van der Waals surface area (Å²) in [7, 11) is -3.33. The van der Waals surface area contributed by atoms with Crippen molar-refractivity contribution in [3.8, 4) is 0 Å². The van der Waals surface area contributed by atoms with Crippen LogP contribution in [0, 0.1) is 11.8 Å². The third-order valence-electron chi connectivity index (χ3n) is 3.29. The Morgan fingerprint density at radius 1 is 1.37 bits per heavy atom. The highest BCUT2D eigenvalue weighted by atomic mass is 79.9. The van der Waals surface area contributed by atoms with Gasteiger partial charge in [-0.25, -0.2) is 8.42 Å². The SMILES string of the molecule is C[C@H]1C[C@@H]1C(=O)NCCS(=O)(=O)c1ccc(Br)cc1. The van der Waals surface area contributed by atoms with Crippen LogP contribution < -0.4 is 5.32 Å². The minimum Gasteiger partial charge on any atom is -0.355 e. The Kier molecular flexibility index (Phi) is 4.30. The van der Waals surface area contributed by atoms with Crippen molar-refractivity contribution in [2.24, 2.45) is 11.8 Å². The molecular weight excluding hydrogens is 330 g/mol. The van der Waals surface area contributed by atoms with Crippen LogP contribution in [0.4, 0.5) is 0 Å². The van der Waals surface area contributed by atoms with Crippen LogP contribution in [0.2, 0.25) is 0 Å². The second-order valence-corrected chi connectivity index (χ2v) is 7.91. The molecule has 0 radical (unpaired) electrons. The normalized spacial score (nSPS) is 22.0. The Morgan fingerprint density at radius 2 is 1.95 bits per heavy atom. The lowest BCUT2D eigenvalue weighted by Crippen LogP contribution is -2.30. The van der Waals surface area contributed by atoms with Gasteiger partial charge in [0.1, 0.15) is 0 Å². The monoisotopic (exact) mass is 345 g/mol. The van der Waals surface area contributed by atoms with Crippen molar-refractivity contribution in [3.05, 3.63) is 28.7 Å². The summed E-state index contributed by atoms with van der Waals surface area (Å²) in [6, 6.07) is 6.50. The van der Waals surface area contributed by atoms with Crippen molar-refractivity contribution in [1.82, 2.24) is 5.32 Å². The van der Waals surface area contributed by atoms with E-state index in [0.29, 0.717) is 5.92 Å². The Labute approximate surface area is 121 Å². The molecule has 104 valence electrons. The van der Waals surface area contributed by atoms with Crippen molar-refractivity contribution in [1.29, 1.82) is 0 Å². The fourth-order valence-corrected chi connectivity index (χ4v) is 3.31. The van der Waals surface area contributed by atoms with Gasteiger partial charge in [0.15, 0.2) is 9.84 Å². The zero-order valence-corrected chi connectivity index (χ0v) is 13.0. The number of benzene rings is 1. The first-order chi connectivity index (χ1) is 8.90. The summed E-state index contributed by atoms with van der Waals surface area (Å²) in [5, 5.41) is 2.68. The van der Waals surface area contributed by atoms with Crippen molar-refractivity contribution in [3.63, 3.8) is 0 Å². The zero-order valence-electron chi connectivity index (χ0n) is 10.6. The number of sulfone groups is 1. The first-order valence-corrected chi connectivity index (χ1v) is 8.61. The molecule has 0 spiro atoms. The number of hydrogen-bond donors (Lipinski definition) is 1. The first kappa shape index (κ1) is 14.5. The van der Waals surface area contributed by atoms with Crippen LogP contribution in [0.25, 0.3) is 0 Å². The van der Waals surface area contributed by atoms with Gasteiger partial charge in [0.05, 0.1) is 10.6 Å². The number of hydrogen-bond acceptors (Lipinski definition) is 3. The van der Waals surface area contributed by atoms with Crippen LogP contribution in [0.5, 0.6) is 0 Å². The molecule has 2 rings (SSSR count). The number of carbonyl (C=O) groups excluding carboxylic acids is 1. The average Bonchev–Trinajstić information content (AvgIpc) is 3.07. The second kappa shape index (κ2) is 5.63. The molecule has 1 aromatic rings. The smallest absolute Gasteiger partial charge is 0.223 e. The molecule has 1 aliphatic rings. The maximum Gasteiger partial charge on any atom is 0.223 e. The number of halogens is 1. The van der Waals surface area contributed by atoms with Crippen LogP contribution in [0.15, 0.2) is 33.6 Å². The Morgan fingerprint density at radius 3 is 2.47 bits per heavy atom. The standard InChI is InChI=1S/C13H16BrNO3S/c1-9-8-12(9)13(16)15-6-7-19(17,18)11-4-2-10(14)3-5-11/h2-5,9,12H,6-8H2,1H3,(H,15,16)/t9-,12-/m0/s1. The van der Waals surface area contributed by atoms with E-state index in [1.165, 1.54) is 0 Å². The lowest BCUT2D eigenvalue weighted by Gasteiger charge is -2.06. The predicted molar refractivity (Wildman–Crippen MR) is 76.5 cm³/mol. The molecule has 6 heteroatoms. The fraction of sp³-hybridized carbons (Fsp3) is 0.462. The van der Waals surface area contributed by atoms with Gasteiger partial charge in [-0.2, -0.15) is 0 Å². The van der Waals surface area contributed by atoms with Gasteiger partial charge in [0, 0.05) is 16.9 Å². The van der Waals surface area contributed by atoms with Gasteiger partial charge in [0.25, 0.3) is 0 Å². The zero-order chi connectivity index (χ0) is 14.0. The van der Waals surface area contributed by atoms with Crippen molar-refractivity contribution >= 4 is 31.7 Å². The largest absolute Gasteiger partial charge is 0.355 e. The first-order valence-electron chi connectivity index (χ1n) is 6.16. The summed E-state index contributed by atoms with van der Waals surface area (Å²) >= 11 is 3.26. The van der Waals surface area contributed by atoms with Crippen LogP contribution in [0.1, 0.15) is 13.3 Å². The molecule has 1 N–H and O–H groups in total. The molecule has 0 saturated heterocycles. The van der Waals surface area contributed by atoms with Gasteiger partial charge in [-0.1, -0.05) is 22.9 Å². The molecule has 0 bridgehead atoms. The molecular formula is C13H16BrNO3S. The van der Waals surface area contributed by atoms with E-state index in [1.54, 1.807) is 24.3 Å². The van der Waals surface area contributed by atoms with Crippen LogP contribution in [0.3, 0.4) is 0 Å². The van der Waals surface area contributed by atoms with Gasteiger partial charge >= 0.3 is 0 Å². The molecule has 0 aromatic heterocycles. The van der Waals surface area contributed by atoms with Gasteiger partial charge in [-0.3, -0.25) is 4.79 Å². The Bertz CT molecular complexity index is 568. The predicted octanol–water partition coefficient (Wildman–Crippen LogP) is 1.99. The summed E-state index contributed by atoms with van der Waals surface area (Å²) in [4.78, 5) is 11.9. The fourth-order valence-electron chi connectivity index (χ4n) is 1.89. The van der Waals surface area contributed by atoms with Gasteiger partial charge in [0.2, 0.25) is 5.91 Å². The highest BCUT2D eigenvalue weighted by molar-refractivity contribution is 9.10. The molecule has 19 heavy (non-hydrogen) atoms. The van der Waals surface area contributed by atoms with Crippen molar-refractivity contribution < 1.29 is 13.2 Å². The van der Waals surface area contributed by atoms with E-state index in [-0.39, 0.29) is 29.0 Å². The molecule has 2 atom stereocenters. The summed E-state index contributed by atoms with van der Waals surface area (Å²) in [6.07, 6.45) is 0.908. The number of nitrogens with one attached hydrogen (secondary N) is 1. The third kappa shape index (κ3) is 3.79. The molecule has 1 fully saturated rings. The minimum absolute atomic E-state index is 0.0292. The van der Waals surface area contributed by atoms with Gasteiger partial charge < -0.3 is 5.32 Å². The number of rotatable bonds is 5. The van der Waals surface area contributed by atoms with E-state index in [1.807, 2.05) is 6.92 Å². The summed E-state index contributed by atoms with van der Waals surface area (Å²) < 4.78 is 24.9. The Balaban J connectivity index is 1.87. The molecule has 1 saturated carbocycles. The van der Waals surface area contributed by atoms with Crippen molar-refractivity contribution in [2.75, 3.05) is 12.3 Å². The molecule has 4 nitrogen and oxygen atoms in total. The Hall–Kier alpha value is -0.880. The number of amides is 1. The van der Waals surface area contributed by atoms with E-state index in [2.05, 4.69) is 21.2 Å². The maximum atomic E-state index is 12.0. The van der Waals surface area contributed by atoms with E-state index < -0.39 is 9.84 Å². The van der Waals surface area contributed by atoms with Crippen LogP contribution in [-0.4, -0.2) is 26.6 Å². The molecule has 0 heterocycles. The third-order valence-corrected chi connectivity index (χ3v) is 5.55. The van der Waals surface area contributed by atoms with E-state index in [4.69, 9.17) is 0 Å². The average molecular weight is 346 g/mol. The van der Waals surface area contributed by atoms with E-state index >= 15 is 0 Å². The second-order valence-electron chi connectivity index (χ2n) is 4.88. The molecule has 1 aromatic carbocycles. The maximum absolute atomic E-state index is 12.0. The van der Waals surface area contributed by atoms with Crippen LogP contribution in [-0.2, 0) is 14.6 Å². The molecule has 1 aliphatic carbocycles. The lowest BCUT2D eigenvalue weighted by atomic mass is 10.3. The molecule has 0 aliphatic heterocycles. The van der Waals surface area contributed by atoms with Gasteiger partial charge in [-0.15, -0.1) is 0 Å². The summed E-state index contributed by atoms with van der Waals surface area (Å²) in [5.41, 5.74) is 0. The molecule has 1 amide bonds. The highest BCUT2D eigenvalue weighted by Gasteiger charge is 2.38. The van der Waals surface area contributed by atoms with Crippen LogP contribution >= 0.6 is 15.9 Å². The van der Waals surface area contributed by atoms with Gasteiger partial charge in [-0.05, 0) is 36.6 Å². The summed E-state index contributed by atoms with van der Waals surface area (Å²) in [6.45, 7) is 2.18. The number of carbonyl (C=O) groups is 1. The highest BCUT2D eigenvalue weighted by Crippen LogP contribution is 2.37. The minimum atomic E-state index is -3.33. The van der Waals surface area contributed by atoms with E-state index in [9.17, 15) is 13.2 Å². The van der Waals surface area contributed by atoms with E-state index in [0.717, 1.165) is 10.9 Å².